The van der Waals surface area contributed by atoms with Gasteiger partial charge in [-0.05, 0) is 115 Å². The van der Waals surface area contributed by atoms with Crippen LogP contribution in [0.15, 0.2) is 42.5 Å². The van der Waals surface area contributed by atoms with E-state index in [4.69, 9.17) is 9.47 Å². The molecule has 7 rings (SSSR count). The Labute approximate surface area is 200 Å². The molecule has 34 heavy (non-hydrogen) atoms. The summed E-state index contributed by atoms with van der Waals surface area (Å²) < 4.78 is 10.8. The van der Waals surface area contributed by atoms with E-state index in [2.05, 4.69) is 24.3 Å². The van der Waals surface area contributed by atoms with Crippen LogP contribution in [0.5, 0.6) is 11.5 Å². The number of ether oxygens (including phenoxy) is 2. The number of carbonyl (C=O) groups is 1. The van der Waals surface area contributed by atoms with E-state index < -0.39 is 5.97 Å². The maximum Gasteiger partial charge on any atom is 0.338 e. The highest BCUT2D eigenvalue weighted by molar-refractivity contribution is 6.02. The molecule has 4 aliphatic carbocycles. The van der Waals surface area contributed by atoms with Crippen LogP contribution in [-0.4, -0.2) is 25.3 Å². The first-order chi connectivity index (χ1) is 16.4. The van der Waals surface area contributed by atoms with Gasteiger partial charge in [0, 0.05) is 10.9 Å². The van der Waals surface area contributed by atoms with Gasteiger partial charge >= 0.3 is 5.97 Å². The molecule has 0 radical (unpaired) electrons. The summed E-state index contributed by atoms with van der Waals surface area (Å²) >= 11 is 0. The van der Waals surface area contributed by atoms with Crippen LogP contribution >= 0.6 is 0 Å². The van der Waals surface area contributed by atoms with Crippen molar-refractivity contribution < 1.29 is 19.4 Å². The molecule has 4 saturated carbocycles. The van der Waals surface area contributed by atoms with E-state index in [9.17, 15) is 9.90 Å². The van der Waals surface area contributed by atoms with Crippen molar-refractivity contribution in [2.24, 2.45) is 17.8 Å². The van der Waals surface area contributed by atoms with Crippen molar-refractivity contribution in [3.05, 3.63) is 59.2 Å². The van der Waals surface area contributed by atoms with Gasteiger partial charge in [-0.15, -0.1) is 0 Å². The third-order valence-corrected chi connectivity index (χ3v) is 8.93. The molecule has 0 saturated heterocycles. The van der Waals surface area contributed by atoms with E-state index >= 15 is 0 Å². The number of fused-ring (bicyclic) bond motifs is 1. The van der Waals surface area contributed by atoms with Gasteiger partial charge < -0.3 is 14.6 Å². The summed E-state index contributed by atoms with van der Waals surface area (Å²) in [6.45, 7) is 1.90. The lowest BCUT2D eigenvalue weighted by atomic mass is 9.48. The largest absolute Gasteiger partial charge is 0.507 e. The first-order valence-corrected chi connectivity index (χ1v) is 12.4. The van der Waals surface area contributed by atoms with Crippen LogP contribution in [0, 0.1) is 24.7 Å². The Balaban J connectivity index is 1.45. The second-order valence-electron chi connectivity index (χ2n) is 10.9. The number of esters is 1. The van der Waals surface area contributed by atoms with Gasteiger partial charge in [0.25, 0.3) is 0 Å². The first-order valence-electron chi connectivity index (χ1n) is 12.4. The van der Waals surface area contributed by atoms with E-state index in [1.165, 1.54) is 57.3 Å². The van der Waals surface area contributed by atoms with E-state index in [0.29, 0.717) is 5.56 Å². The molecular weight excluding hydrogens is 424 g/mol. The molecule has 176 valence electrons. The number of hydrogen-bond acceptors (Lipinski definition) is 4. The summed E-state index contributed by atoms with van der Waals surface area (Å²) in [4.78, 5) is 12.1. The minimum atomic E-state index is -0.436. The van der Waals surface area contributed by atoms with Gasteiger partial charge in [0.05, 0.1) is 19.8 Å². The molecule has 0 amide bonds. The lowest BCUT2D eigenvalue weighted by Gasteiger charge is -2.57. The molecule has 0 aromatic heterocycles. The van der Waals surface area contributed by atoms with Crippen LogP contribution in [0.25, 0.3) is 21.9 Å². The van der Waals surface area contributed by atoms with Crippen LogP contribution in [0.3, 0.4) is 0 Å². The Hall–Kier alpha value is -3.01. The number of phenols is 1. The molecule has 0 unspecified atom stereocenters. The highest BCUT2D eigenvalue weighted by Crippen LogP contribution is 2.62. The molecule has 4 fully saturated rings. The molecular formula is C30H32O4. The van der Waals surface area contributed by atoms with Crippen LogP contribution in [0.2, 0.25) is 0 Å². The molecule has 3 aromatic carbocycles. The summed E-state index contributed by atoms with van der Waals surface area (Å²) in [5.41, 5.74) is 5.02. The maximum atomic E-state index is 12.1. The van der Waals surface area contributed by atoms with Gasteiger partial charge in [-0.1, -0.05) is 18.2 Å². The molecule has 0 heterocycles. The number of aryl methyl sites for hydroxylation is 1. The smallest absolute Gasteiger partial charge is 0.338 e. The summed E-state index contributed by atoms with van der Waals surface area (Å²) in [6, 6.07) is 14.2. The topological polar surface area (TPSA) is 55.8 Å². The zero-order valence-corrected chi connectivity index (χ0v) is 20.2. The Morgan fingerprint density at radius 2 is 1.50 bits per heavy atom. The highest BCUT2D eigenvalue weighted by Gasteiger charge is 2.52. The third kappa shape index (κ3) is 3.22. The molecule has 0 aliphatic heterocycles. The van der Waals surface area contributed by atoms with Crippen molar-refractivity contribution >= 4 is 16.7 Å². The third-order valence-electron chi connectivity index (χ3n) is 8.93. The molecule has 4 bridgehead atoms. The van der Waals surface area contributed by atoms with Crippen molar-refractivity contribution in [1.29, 1.82) is 0 Å². The number of aromatic hydroxyl groups is 1. The Bertz CT molecular complexity index is 1270. The number of carbonyl (C=O) groups excluding carboxylic acids is 1. The Morgan fingerprint density at radius 3 is 2.12 bits per heavy atom. The van der Waals surface area contributed by atoms with Gasteiger partial charge in [-0.3, -0.25) is 0 Å². The van der Waals surface area contributed by atoms with Crippen molar-refractivity contribution in [2.75, 3.05) is 14.2 Å². The average Bonchev–Trinajstić information content (AvgIpc) is 2.84. The monoisotopic (exact) mass is 456 g/mol. The van der Waals surface area contributed by atoms with E-state index in [-0.39, 0.29) is 11.2 Å². The van der Waals surface area contributed by atoms with Gasteiger partial charge in [-0.2, -0.15) is 0 Å². The number of benzene rings is 3. The summed E-state index contributed by atoms with van der Waals surface area (Å²) in [5.74, 6) is 3.26. The predicted molar refractivity (Wildman–Crippen MR) is 134 cm³/mol. The quantitative estimate of drug-likeness (QED) is 0.440. The number of rotatable bonds is 4. The fraction of sp³-hybridized carbons (Fsp3) is 0.433. The lowest BCUT2D eigenvalue weighted by Crippen LogP contribution is -2.48. The molecule has 0 atom stereocenters. The summed E-state index contributed by atoms with van der Waals surface area (Å²) in [6.07, 6.45) is 8.10. The fourth-order valence-corrected chi connectivity index (χ4v) is 7.80. The van der Waals surface area contributed by atoms with Crippen LogP contribution in [0.1, 0.15) is 60.0 Å². The lowest BCUT2D eigenvalue weighted by molar-refractivity contribution is -0.00613. The molecule has 3 aromatic rings. The molecule has 0 spiro atoms. The standard InChI is InChI=1S/C30H32O4/c1-17-23-6-4-21(11-25(23)27(31)13-24(17)29(32)34-3)22-5-7-28(33-2)26(12-22)30-14-18-8-19(15-30)10-20(9-18)16-30/h4-7,11-13,18-20,31H,8-10,14-16H2,1-3H3. The van der Waals surface area contributed by atoms with Crippen molar-refractivity contribution in [2.45, 2.75) is 50.9 Å². The zero-order chi connectivity index (χ0) is 23.6. The van der Waals surface area contributed by atoms with Gasteiger partial charge in [0.1, 0.15) is 11.5 Å². The van der Waals surface area contributed by atoms with Crippen LogP contribution < -0.4 is 4.74 Å². The molecule has 1 N–H and O–H groups in total. The van der Waals surface area contributed by atoms with E-state index in [1.807, 2.05) is 19.1 Å². The summed E-state index contributed by atoms with van der Waals surface area (Å²) in [7, 11) is 3.14. The Kier molecular flexibility index (Phi) is 4.91. The maximum absolute atomic E-state index is 12.1. The minimum absolute atomic E-state index is 0.0951. The van der Waals surface area contributed by atoms with Crippen molar-refractivity contribution in [1.82, 2.24) is 0 Å². The van der Waals surface area contributed by atoms with Crippen LogP contribution in [0.4, 0.5) is 0 Å². The van der Waals surface area contributed by atoms with Gasteiger partial charge in [-0.25, -0.2) is 4.79 Å². The minimum Gasteiger partial charge on any atom is -0.507 e. The highest BCUT2D eigenvalue weighted by atomic mass is 16.5. The predicted octanol–water partition coefficient (Wildman–Crippen LogP) is 6.78. The van der Waals surface area contributed by atoms with Crippen LogP contribution in [-0.2, 0) is 10.2 Å². The summed E-state index contributed by atoms with van der Waals surface area (Å²) in [5, 5.41) is 12.4. The number of phenolic OH excluding ortho intramolecular Hbond substituents is 1. The normalized spacial score (nSPS) is 27.2. The Morgan fingerprint density at radius 1 is 0.882 bits per heavy atom. The second kappa shape index (κ2) is 7.76. The van der Waals surface area contributed by atoms with Gasteiger partial charge in [0.2, 0.25) is 0 Å². The van der Waals surface area contributed by atoms with Crippen molar-refractivity contribution in [3.63, 3.8) is 0 Å². The van der Waals surface area contributed by atoms with Gasteiger partial charge in [0.15, 0.2) is 0 Å². The van der Waals surface area contributed by atoms with Crippen molar-refractivity contribution in [3.8, 4) is 22.6 Å². The molecule has 4 heteroatoms. The average molecular weight is 457 g/mol. The second-order valence-corrected chi connectivity index (χ2v) is 10.9. The zero-order valence-electron chi connectivity index (χ0n) is 20.2. The fourth-order valence-electron chi connectivity index (χ4n) is 7.80. The van der Waals surface area contributed by atoms with E-state index in [1.54, 1.807) is 7.11 Å². The number of methoxy groups -OCH3 is 2. The molecule has 4 aliphatic rings. The first kappa shape index (κ1) is 21.5. The van der Waals surface area contributed by atoms with E-state index in [0.717, 1.165) is 51.0 Å². The SMILES string of the molecule is COC(=O)c1cc(O)c2cc(-c3ccc(OC)c(C45CC6CC(CC(C6)C4)C5)c3)ccc2c1C. The molecule has 4 nitrogen and oxygen atoms in total. The number of hydrogen-bond donors (Lipinski definition) is 1.